The molecule has 0 bridgehead atoms. The Bertz CT molecular complexity index is 410. The van der Waals surface area contributed by atoms with Crippen molar-refractivity contribution in [3.05, 3.63) is 29.3 Å². The van der Waals surface area contributed by atoms with Gasteiger partial charge in [0, 0.05) is 11.1 Å². The number of hydrogen-bond acceptors (Lipinski definition) is 3. The van der Waals surface area contributed by atoms with Gasteiger partial charge in [0.05, 0.1) is 12.7 Å². The molecule has 1 saturated carbocycles. The maximum atomic E-state index is 10.8. The second kappa shape index (κ2) is 3.24. The molecule has 3 N–H and O–H groups in total. The molecule has 1 aromatic rings. The van der Waals surface area contributed by atoms with E-state index in [1.165, 1.54) is 6.07 Å². The number of methoxy groups -OCH3 is 1. The number of carboxylic acid groups (broad SMARTS) is 1. The lowest BCUT2D eigenvalue weighted by Crippen LogP contribution is -2.20. The van der Waals surface area contributed by atoms with E-state index >= 15 is 0 Å². The highest BCUT2D eigenvalue weighted by Gasteiger charge is 2.42. The van der Waals surface area contributed by atoms with Crippen LogP contribution in [0.3, 0.4) is 0 Å². The van der Waals surface area contributed by atoms with Crippen molar-refractivity contribution in [1.29, 1.82) is 0 Å². The lowest BCUT2D eigenvalue weighted by Gasteiger charge is -2.14. The maximum Gasteiger partial charge on any atom is 0.335 e. The zero-order valence-electron chi connectivity index (χ0n) is 8.49. The van der Waals surface area contributed by atoms with E-state index in [-0.39, 0.29) is 11.1 Å². The van der Waals surface area contributed by atoms with Gasteiger partial charge in [-0.25, -0.2) is 4.79 Å². The molecule has 1 aliphatic rings. The average molecular weight is 207 g/mol. The quantitative estimate of drug-likeness (QED) is 0.784. The predicted molar refractivity (Wildman–Crippen MR) is 55.1 cm³/mol. The van der Waals surface area contributed by atoms with Crippen LogP contribution in [-0.2, 0) is 5.54 Å². The lowest BCUT2D eigenvalue weighted by molar-refractivity contribution is 0.0696. The molecule has 1 fully saturated rings. The second-order valence-electron chi connectivity index (χ2n) is 3.88. The fraction of sp³-hybridized carbons (Fsp3) is 0.364. The first-order chi connectivity index (χ1) is 7.07. The molecule has 0 aromatic heterocycles. The summed E-state index contributed by atoms with van der Waals surface area (Å²) in [5, 5.41) is 8.88. The van der Waals surface area contributed by atoms with Gasteiger partial charge in [-0.05, 0) is 31.0 Å². The third kappa shape index (κ3) is 1.68. The normalized spacial score (nSPS) is 17.2. The highest BCUT2D eigenvalue weighted by Crippen LogP contribution is 2.46. The molecule has 0 heterocycles. The summed E-state index contributed by atoms with van der Waals surface area (Å²) in [7, 11) is 1.56. The van der Waals surface area contributed by atoms with Gasteiger partial charge in [-0.3, -0.25) is 0 Å². The molecule has 0 spiro atoms. The number of hydrogen-bond donors (Lipinski definition) is 2. The second-order valence-corrected chi connectivity index (χ2v) is 3.88. The van der Waals surface area contributed by atoms with Crippen molar-refractivity contribution in [1.82, 2.24) is 0 Å². The summed E-state index contributed by atoms with van der Waals surface area (Å²) >= 11 is 0. The predicted octanol–water partition coefficient (Wildman–Crippen LogP) is 1.34. The molecule has 4 heteroatoms. The topological polar surface area (TPSA) is 72.5 Å². The third-order valence-corrected chi connectivity index (χ3v) is 2.77. The SMILES string of the molecule is COc1ccc(C(=O)O)cc1C1(N)CC1. The Labute approximate surface area is 87.7 Å². The summed E-state index contributed by atoms with van der Waals surface area (Å²) in [6.45, 7) is 0. The van der Waals surface area contributed by atoms with Gasteiger partial charge in [0.1, 0.15) is 5.75 Å². The van der Waals surface area contributed by atoms with Crippen LogP contribution in [0.25, 0.3) is 0 Å². The molecule has 1 aromatic carbocycles. The van der Waals surface area contributed by atoms with E-state index in [9.17, 15) is 4.79 Å². The van der Waals surface area contributed by atoms with Crippen molar-refractivity contribution in [2.75, 3.05) is 7.11 Å². The molecule has 80 valence electrons. The van der Waals surface area contributed by atoms with Crippen molar-refractivity contribution < 1.29 is 14.6 Å². The summed E-state index contributed by atoms with van der Waals surface area (Å²) < 4.78 is 5.17. The van der Waals surface area contributed by atoms with Crippen LogP contribution < -0.4 is 10.5 Å². The van der Waals surface area contributed by atoms with Crippen LogP contribution in [0.15, 0.2) is 18.2 Å². The van der Waals surface area contributed by atoms with Crippen molar-refractivity contribution in [3.63, 3.8) is 0 Å². The fourth-order valence-corrected chi connectivity index (χ4v) is 1.63. The minimum absolute atomic E-state index is 0.252. The van der Waals surface area contributed by atoms with Crippen molar-refractivity contribution in [2.45, 2.75) is 18.4 Å². The smallest absolute Gasteiger partial charge is 0.335 e. The van der Waals surface area contributed by atoms with Crippen LogP contribution in [-0.4, -0.2) is 18.2 Å². The van der Waals surface area contributed by atoms with E-state index in [0.29, 0.717) is 5.75 Å². The van der Waals surface area contributed by atoms with Crippen LogP contribution >= 0.6 is 0 Å². The van der Waals surface area contributed by atoms with Gasteiger partial charge in [0.15, 0.2) is 0 Å². The van der Waals surface area contributed by atoms with Crippen LogP contribution in [0.5, 0.6) is 5.75 Å². The van der Waals surface area contributed by atoms with E-state index < -0.39 is 5.97 Å². The van der Waals surface area contributed by atoms with Gasteiger partial charge in [-0.15, -0.1) is 0 Å². The van der Waals surface area contributed by atoms with Gasteiger partial charge in [-0.1, -0.05) is 0 Å². The number of rotatable bonds is 3. The Balaban J connectivity index is 2.48. The van der Waals surface area contributed by atoms with Gasteiger partial charge in [0.25, 0.3) is 0 Å². The van der Waals surface area contributed by atoms with E-state index in [0.717, 1.165) is 18.4 Å². The Kier molecular flexibility index (Phi) is 2.16. The molecule has 0 saturated heterocycles. The first kappa shape index (κ1) is 9.98. The van der Waals surface area contributed by atoms with Crippen molar-refractivity contribution >= 4 is 5.97 Å². The lowest BCUT2D eigenvalue weighted by atomic mass is 10.0. The Morgan fingerprint density at radius 1 is 1.53 bits per heavy atom. The Morgan fingerprint density at radius 3 is 2.67 bits per heavy atom. The summed E-state index contributed by atoms with van der Waals surface area (Å²) in [5.74, 6) is -0.275. The largest absolute Gasteiger partial charge is 0.496 e. The number of ether oxygens (including phenoxy) is 1. The molecule has 0 atom stereocenters. The first-order valence-electron chi connectivity index (χ1n) is 4.77. The molecule has 0 radical (unpaired) electrons. The number of carboxylic acids is 1. The van der Waals surface area contributed by atoms with Crippen LogP contribution in [0, 0.1) is 0 Å². The summed E-state index contributed by atoms with van der Waals surface area (Å²) in [6, 6.07) is 4.79. The molecular weight excluding hydrogens is 194 g/mol. The number of carbonyl (C=O) groups is 1. The molecule has 4 nitrogen and oxygen atoms in total. The van der Waals surface area contributed by atoms with Crippen LogP contribution in [0.2, 0.25) is 0 Å². The molecule has 0 aliphatic heterocycles. The van der Waals surface area contributed by atoms with E-state index in [4.69, 9.17) is 15.6 Å². The summed E-state index contributed by atoms with van der Waals surface area (Å²) in [5.41, 5.74) is 6.71. The fourth-order valence-electron chi connectivity index (χ4n) is 1.63. The highest BCUT2D eigenvalue weighted by molar-refractivity contribution is 5.88. The zero-order valence-corrected chi connectivity index (χ0v) is 8.49. The molecule has 0 unspecified atom stereocenters. The first-order valence-corrected chi connectivity index (χ1v) is 4.77. The molecule has 0 amide bonds. The van der Waals surface area contributed by atoms with Crippen molar-refractivity contribution in [3.8, 4) is 5.75 Å². The summed E-state index contributed by atoms with van der Waals surface area (Å²) in [4.78, 5) is 10.8. The molecular formula is C11H13NO3. The van der Waals surface area contributed by atoms with E-state index in [2.05, 4.69) is 0 Å². The number of benzene rings is 1. The molecule has 1 aliphatic carbocycles. The van der Waals surface area contributed by atoms with Crippen molar-refractivity contribution in [2.24, 2.45) is 5.73 Å². The van der Waals surface area contributed by atoms with E-state index in [1.807, 2.05) is 0 Å². The zero-order chi connectivity index (χ0) is 11.1. The highest BCUT2D eigenvalue weighted by atomic mass is 16.5. The number of nitrogens with two attached hydrogens (primary N) is 1. The molecule has 15 heavy (non-hydrogen) atoms. The minimum Gasteiger partial charge on any atom is -0.496 e. The average Bonchev–Trinajstić information content (AvgIpc) is 2.96. The minimum atomic E-state index is -0.942. The Hall–Kier alpha value is -1.55. The number of aromatic carboxylic acids is 1. The monoisotopic (exact) mass is 207 g/mol. The van der Waals surface area contributed by atoms with Gasteiger partial charge >= 0.3 is 5.97 Å². The Morgan fingerprint density at radius 2 is 2.20 bits per heavy atom. The standard InChI is InChI=1S/C11H13NO3/c1-15-9-3-2-7(10(13)14)6-8(9)11(12)4-5-11/h2-3,6H,4-5,12H2,1H3,(H,13,14). The van der Waals surface area contributed by atoms with Crippen LogP contribution in [0.4, 0.5) is 0 Å². The van der Waals surface area contributed by atoms with Gasteiger partial charge < -0.3 is 15.6 Å². The van der Waals surface area contributed by atoms with Gasteiger partial charge in [0.2, 0.25) is 0 Å². The van der Waals surface area contributed by atoms with Gasteiger partial charge in [-0.2, -0.15) is 0 Å². The third-order valence-electron chi connectivity index (χ3n) is 2.77. The molecule has 2 rings (SSSR count). The van der Waals surface area contributed by atoms with Crippen LogP contribution in [0.1, 0.15) is 28.8 Å². The summed E-state index contributed by atoms with van der Waals surface area (Å²) in [6.07, 6.45) is 1.76. The van der Waals surface area contributed by atoms with E-state index in [1.54, 1.807) is 19.2 Å². The maximum absolute atomic E-state index is 10.8.